The van der Waals surface area contributed by atoms with Crippen molar-refractivity contribution < 1.29 is 5.11 Å². The van der Waals surface area contributed by atoms with Gasteiger partial charge in [-0.05, 0) is 29.4 Å². The molecule has 2 rings (SSSR count). The quantitative estimate of drug-likeness (QED) is 0.785. The van der Waals surface area contributed by atoms with Crippen molar-refractivity contribution >= 4 is 0 Å². The van der Waals surface area contributed by atoms with E-state index in [1.165, 1.54) is 18.4 Å². The van der Waals surface area contributed by atoms with Gasteiger partial charge in [0.05, 0.1) is 12.7 Å². The molecule has 3 nitrogen and oxygen atoms in total. The van der Waals surface area contributed by atoms with E-state index in [1.54, 1.807) is 0 Å². The number of rotatable bonds is 6. The monoisotopic (exact) mass is 230 g/mol. The van der Waals surface area contributed by atoms with Crippen LogP contribution in [-0.2, 0) is 13.2 Å². The summed E-state index contributed by atoms with van der Waals surface area (Å²) in [6.07, 6.45) is 3.03. The molecule has 1 aromatic carbocycles. The molecule has 0 spiro atoms. The van der Waals surface area contributed by atoms with Crippen molar-refractivity contribution in [2.45, 2.75) is 32.4 Å². The molecule has 3 heteroatoms. The third-order valence-electron chi connectivity index (χ3n) is 3.45. The lowest BCUT2D eigenvalue weighted by Crippen LogP contribution is -2.23. The molecule has 2 N–H and O–H groups in total. The van der Waals surface area contributed by atoms with Crippen LogP contribution in [-0.4, -0.2) is 11.7 Å². The molecular formula is C14H18N2O. The first-order valence-electron chi connectivity index (χ1n) is 6.04. The zero-order chi connectivity index (χ0) is 12.1. The first-order valence-corrected chi connectivity index (χ1v) is 6.04. The van der Waals surface area contributed by atoms with Gasteiger partial charge in [0.1, 0.15) is 0 Å². The smallest absolute Gasteiger partial charge is 0.0681 e. The van der Waals surface area contributed by atoms with E-state index in [-0.39, 0.29) is 12.0 Å². The molecule has 1 aliphatic carbocycles. The molecule has 1 saturated carbocycles. The lowest BCUT2D eigenvalue weighted by molar-refractivity contribution is 0.282. The number of aliphatic hydroxyl groups is 1. The number of nitrogens with one attached hydrogen (secondary N) is 1. The summed E-state index contributed by atoms with van der Waals surface area (Å²) in [6.45, 7) is 1.86. The largest absolute Gasteiger partial charge is 0.392 e. The SMILES string of the molecule is N#CCC1(CNCc2ccc(CO)cc2)CC1. The molecule has 0 atom stereocenters. The van der Waals surface area contributed by atoms with E-state index in [4.69, 9.17) is 10.4 Å². The molecule has 0 unspecified atom stereocenters. The molecule has 1 aliphatic rings. The van der Waals surface area contributed by atoms with Gasteiger partial charge in [0.15, 0.2) is 0 Å². The Bertz CT molecular complexity index is 401. The van der Waals surface area contributed by atoms with Crippen LogP contribution in [0.3, 0.4) is 0 Å². The van der Waals surface area contributed by atoms with Crippen LogP contribution in [0.4, 0.5) is 0 Å². The summed E-state index contributed by atoms with van der Waals surface area (Å²) in [5.41, 5.74) is 2.42. The van der Waals surface area contributed by atoms with Gasteiger partial charge in [-0.25, -0.2) is 0 Å². The molecule has 0 saturated heterocycles. The fraction of sp³-hybridized carbons (Fsp3) is 0.500. The summed E-state index contributed by atoms with van der Waals surface area (Å²) in [5.74, 6) is 0. The van der Waals surface area contributed by atoms with E-state index in [0.717, 1.165) is 18.7 Å². The van der Waals surface area contributed by atoms with Crippen molar-refractivity contribution in [1.82, 2.24) is 5.32 Å². The van der Waals surface area contributed by atoms with Gasteiger partial charge in [0.25, 0.3) is 0 Å². The number of nitriles is 1. The summed E-state index contributed by atoms with van der Waals surface area (Å²) in [7, 11) is 0. The number of hydrogen-bond donors (Lipinski definition) is 2. The van der Waals surface area contributed by atoms with Gasteiger partial charge < -0.3 is 10.4 Å². The normalized spacial score (nSPS) is 16.5. The molecule has 0 bridgehead atoms. The molecule has 17 heavy (non-hydrogen) atoms. The average molecular weight is 230 g/mol. The third kappa shape index (κ3) is 3.29. The second-order valence-corrected chi connectivity index (χ2v) is 4.91. The van der Waals surface area contributed by atoms with Gasteiger partial charge in [0.2, 0.25) is 0 Å². The van der Waals surface area contributed by atoms with Gasteiger partial charge in [-0.1, -0.05) is 24.3 Å². The third-order valence-corrected chi connectivity index (χ3v) is 3.45. The van der Waals surface area contributed by atoms with Gasteiger partial charge in [-0.2, -0.15) is 5.26 Å². The van der Waals surface area contributed by atoms with Gasteiger partial charge in [-0.15, -0.1) is 0 Å². The summed E-state index contributed by atoms with van der Waals surface area (Å²) < 4.78 is 0. The first-order chi connectivity index (χ1) is 8.28. The second-order valence-electron chi connectivity index (χ2n) is 4.91. The zero-order valence-electron chi connectivity index (χ0n) is 9.95. The van der Waals surface area contributed by atoms with E-state index >= 15 is 0 Å². The Morgan fingerprint density at radius 1 is 1.24 bits per heavy atom. The Morgan fingerprint density at radius 2 is 1.88 bits per heavy atom. The molecule has 0 amide bonds. The van der Waals surface area contributed by atoms with Crippen LogP contribution in [0.25, 0.3) is 0 Å². The minimum atomic E-state index is 0.0962. The number of aliphatic hydroxyl groups excluding tert-OH is 1. The van der Waals surface area contributed by atoms with Crippen molar-refractivity contribution in [2.75, 3.05) is 6.54 Å². The van der Waals surface area contributed by atoms with E-state index in [1.807, 2.05) is 24.3 Å². The van der Waals surface area contributed by atoms with Gasteiger partial charge in [0, 0.05) is 19.5 Å². The Labute approximate surface area is 102 Å². The van der Waals surface area contributed by atoms with E-state index in [0.29, 0.717) is 6.42 Å². The maximum absolute atomic E-state index is 8.93. The summed E-state index contributed by atoms with van der Waals surface area (Å²) in [5, 5.41) is 21.1. The van der Waals surface area contributed by atoms with Crippen LogP contribution in [0.2, 0.25) is 0 Å². The van der Waals surface area contributed by atoms with E-state index < -0.39 is 0 Å². The van der Waals surface area contributed by atoms with Crippen molar-refractivity contribution in [1.29, 1.82) is 5.26 Å². The van der Waals surface area contributed by atoms with Crippen molar-refractivity contribution in [3.8, 4) is 6.07 Å². The molecule has 90 valence electrons. The predicted octanol–water partition coefficient (Wildman–Crippen LogP) is 1.96. The fourth-order valence-corrected chi connectivity index (χ4v) is 2.00. The van der Waals surface area contributed by atoms with Gasteiger partial charge in [-0.3, -0.25) is 0 Å². The molecule has 0 radical (unpaired) electrons. The Morgan fingerprint density at radius 3 is 2.41 bits per heavy atom. The van der Waals surface area contributed by atoms with Crippen molar-refractivity contribution in [3.05, 3.63) is 35.4 Å². The van der Waals surface area contributed by atoms with Crippen molar-refractivity contribution in [3.63, 3.8) is 0 Å². The van der Waals surface area contributed by atoms with Gasteiger partial charge >= 0.3 is 0 Å². The summed E-state index contributed by atoms with van der Waals surface area (Å²) >= 11 is 0. The number of hydrogen-bond acceptors (Lipinski definition) is 3. The van der Waals surface area contributed by atoms with Crippen LogP contribution in [0.15, 0.2) is 24.3 Å². The summed E-state index contributed by atoms with van der Waals surface area (Å²) in [6, 6.07) is 10.2. The Kier molecular flexibility index (Phi) is 3.78. The molecule has 0 aromatic heterocycles. The highest BCUT2D eigenvalue weighted by Gasteiger charge is 2.41. The van der Waals surface area contributed by atoms with Crippen LogP contribution in [0.5, 0.6) is 0 Å². The standard InChI is InChI=1S/C14H18N2O/c15-8-7-14(5-6-14)11-16-9-12-1-3-13(10-17)4-2-12/h1-4,16-17H,5-7,9-11H2. The average Bonchev–Trinajstić information content (AvgIpc) is 3.11. The lowest BCUT2D eigenvalue weighted by Gasteiger charge is -2.12. The maximum Gasteiger partial charge on any atom is 0.0681 e. The minimum absolute atomic E-state index is 0.0962. The van der Waals surface area contributed by atoms with E-state index in [2.05, 4.69) is 11.4 Å². The predicted molar refractivity (Wildman–Crippen MR) is 66.0 cm³/mol. The van der Waals surface area contributed by atoms with E-state index in [9.17, 15) is 0 Å². The highest BCUT2D eigenvalue weighted by molar-refractivity contribution is 5.21. The van der Waals surface area contributed by atoms with Crippen LogP contribution in [0.1, 0.15) is 30.4 Å². The minimum Gasteiger partial charge on any atom is -0.392 e. The first kappa shape index (κ1) is 12.1. The maximum atomic E-state index is 8.93. The zero-order valence-corrected chi connectivity index (χ0v) is 9.95. The molecule has 0 heterocycles. The highest BCUT2D eigenvalue weighted by atomic mass is 16.3. The number of nitrogens with zero attached hydrogens (tertiary/aromatic N) is 1. The van der Waals surface area contributed by atoms with Crippen molar-refractivity contribution in [2.24, 2.45) is 5.41 Å². The molecule has 0 aliphatic heterocycles. The highest BCUT2D eigenvalue weighted by Crippen LogP contribution is 2.47. The fourth-order valence-electron chi connectivity index (χ4n) is 2.00. The Balaban J connectivity index is 1.76. The topological polar surface area (TPSA) is 56.0 Å². The lowest BCUT2D eigenvalue weighted by atomic mass is 10.0. The molecular weight excluding hydrogens is 212 g/mol. The van der Waals surface area contributed by atoms with Crippen LogP contribution in [0, 0.1) is 16.7 Å². The molecule has 1 aromatic rings. The second kappa shape index (κ2) is 5.31. The van der Waals surface area contributed by atoms with Crippen LogP contribution >= 0.6 is 0 Å². The summed E-state index contributed by atoms with van der Waals surface area (Å²) in [4.78, 5) is 0. The molecule has 1 fully saturated rings. The number of benzene rings is 1. The van der Waals surface area contributed by atoms with Crippen LogP contribution < -0.4 is 5.32 Å². The Hall–Kier alpha value is -1.37.